The Labute approximate surface area is 304 Å². The van der Waals surface area contributed by atoms with Crippen molar-refractivity contribution in [2.24, 2.45) is 5.73 Å². The molecule has 0 radical (unpaired) electrons. The van der Waals surface area contributed by atoms with E-state index in [0.717, 1.165) is 6.21 Å². The number of phosphoric ester groups is 1. The molecule has 0 atom stereocenters. The maximum Gasteiger partial charge on any atom is 0.524 e. The Morgan fingerprint density at radius 3 is 1.65 bits per heavy atom. The summed E-state index contributed by atoms with van der Waals surface area (Å²) in [6.45, 7) is 5.87. The van der Waals surface area contributed by atoms with Crippen molar-refractivity contribution in [3.63, 3.8) is 0 Å². The highest BCUT2D eigenvalue weighted by Gasteiger charge is 2.18. The van der Waals surface area contributed by atoms with E-state index in [-0.39, 0.29) is 48.1 Å². The minimum atomic E-state index is -4.79. The zero-order valence-corrected chi connectivity index (χ0v) is 30.5. The molecule has 0 saturated heterocycles. The van der Waals surface area contributed by atoms with Crippen LogP contribution in [0.15, 0.2) is 30.0 Å². The highest BCUT2D eigenvalue weighted by Crippen LogP contribution is 2.39. The van der Waals surface area contributed by atoms with Crippen molar-refractivity contribution in [2.45, 2.75) is 32.4 Å². The lowest BCUT2D eigenvalue weighted by molar-refractivity contribution is -0.122. The fourth-order valence-electron chi connectivity index (χ4n) is 4.01. The average Bonchev–Trinajstić information content (AvgIpc) is 3.11. The van der Waals surface area contributed by atoms with E-state index in [1.54, 1.807) is 6.07 Å². The van der Waals surface area contributed by atoms with E-state index in [1.807, 2.05) is 0 Å². The number of nitrogens with two attached hydrogens (primary N) is 1. The van der Waals surface area contributed by atoms with Gasteiger partial charge < -0.3 is 58.9 Å². The number of carbonyl (C=O) groups excluding carboxylic acids is 2. The molecular formula is C33H55FN3O14P. The van der Waals surface area contributed by atoms with Gasteiger partial charge in [0.15, 0.2) is 5.78 Å². The van der Waals surface area contributed by atoms with Crippen molar-refractivity contribution in [1.29, 1.82) is 5.41 Å². The Balaban J connectivity index is 1.79. The second kappa shape index (κ2) is 31.6. The van der Waals surface area contributed by atoms with Crippen molar-refractivity contribution in [3.8, 4) is 5.75 Å². The molecular weight excluding hydrogens is 712 g/mol. The first-order valence-electron chi connectivity index (χ1n) is 17.0. The summed E-state index contributed by atoms with van der Waals surface area (Å²) >= 11 is 0. The van der Waals surface area contributed by atoms with Crippen molar-refractivity contribution in [2.75, 3.05) is 112 Å². The van der Waals surface area contributed by atoms with Crippen LogP contribution in [-0.4, -0.2) is 140 Å². The topological polar surface area (TPSA) is 237 Å². The van der Waals surface area contributed by atoms with Gasteiger partial charge >= 0.3 is 7.82 Å². The number of ether oxygens (including phenoxy) is 8. The van der Waals surface area contributed by atoms with E-state index >= 15 is 0 Å². The molecule has 298 valence electrons. The van der Waals surface area contributed by atoms with Gasteiger partial charge in [-0.2, -0.15) is 0 Å². The normalized spacial score (nSPS) is 11.9. The van der Waals surface area contributed by atoms with Gasteiger partial charge in [0.05, 0.1) is 105 Å². The summed E-state index contributed by atoms with van der Waals surface area (Å²) in [6, 6.07) is 4.28. The van der Waals surface area contributed by atoms with Crippen LogP contribution in [0, 0.1) is 5.41 Å². The van der Waals surface area contributed by atoms with E-state index in [1.165, 1.54) is 18.2 Å². The fourth-order valence-corrected chi connectivity index (χ4v) is 4.45. The number of phosphoric acid groups is 1. The summed E-state index contributed by atoms with van der Waals surface area (Å²) in [5.41, 5.74) is 6.29. The van der Waals surface area contributed by atoms with Gasteiger partial charge in [0.1, 0.15) is 12.4 Å². The van der Waals surface area contributed by atoms with Crippen molar-refractivity contribution in [1.82, 2.24) is 5.32 Å². The maximum absolute atomic E-state index is 13.2. The molecule has 1 rings (SSSR count). The van der Waals surface area contributed by atoms with Crippen LogP contribution in [0.2, 0.25) is 0 Å². The van der Waals surface area contributed by atoms with Gasteiger partial charge in [0.2, 0.25) is 5.91 Å². The standard InChI is InChI=1S/C33H55FN3O14P/c34-27-29-26-28(3-4-32(29)51-52(40,41)42)6-9-37-33(39)7-11-44-13-15-46-17-19-48-21-23-50-25-24-49-22-20-47-18-16-45-14-12-43-10-1-2-31(38)30(36)5-8-35/h3-5,8,26,35H,1-2,6-7,9-25,27,36H2,(H,37,39)(H2,40,41,42). The van der Waals surface area contributed by atoms with Gasteiger partial charge in [-0.1, -0.05) is 6.07 Å². The van der Waals surface area contributed by atoms with Gasteiger partial charge in [0, 0.05) is 37.8 Å². The van der Waals surface area contributed by atoms with Crippen LogP contribution in [0.3, 0.4) is 0 Å². The van der Waals surface area contributed by atoms with Crippen molar-refractivity contribution in [3.05, 3.63) is 41.1 Å². The monoisotopic (exact) mass is 767 g/mol. The molecule has 0 heterocycles. The fraction of sp³-hybridized carbons (Fsp3) is 0.667. The molecule has 1 aromatic carbocycles. The minimum Gasteiger partial charge on any atom is -0.404 e. The number of hydrogen-bond acceptors (Lipinski definition) is 14. The van der Waals surface area contributed by atoms with Crippen LogP contribution < -0.4 is 15.6 Å². The van der Waals surface area contributed by atoms with E-state index in [4.69, 9.17) is 58.8 Å². The molecule has 0 spiro atoms. The third-order valence-electron chi connectivity index (χ3n) is 6.58. The van der Waals surface area contributed by atoms with Gasteiger partial charge in [-0.25, -0.2) is 8.96 Å². The Bertz CT molecular complexity index is 1190. The lowest BCUT2D eigenvalue weighted by Crippen LogP contribution is -2.26. The molecule has 52 heavy (non-hydrogen) atoms. The molecule has 19 heteroatoms. The number of rotatable bonds is 36. The summed E-state index contributed by atoms with van der Waals surface area (Å²) in [6.07, 6.45) is 3.65. The largest absolute Gasteiger partial charge is 0.524 e. The minimum absolute atomic E-state index is 0.0159. The first kappa shape index (κ1) is 47.2. The van der Waals surface area contributed by atoms with E-state index in [2.05, 4.69) is 9.84 Å². The summed E-state index contributed by atoms with van der Waals surface area (Å²) < 4.78 is 72.1. The van der Waals surface area contributed by atoms with E-state index in [9.17, 15) is 18.5 Å². The van der Waals surface area contributed by atoms with Crippen LogP contribution in [0.1, 0.15) is 30.4 Å². The summed E-state index contributed by atoms with van der Waals surface area (Å²) in [4.78, 5) is 41.4. The second-order valence-electron chi connectivity index (χ2n) is 10.7. The number of hydrogen-bond donors (Lipinski definition) is 5. The summed E-state index contributed by atoms with van der Waals surface area (Å²) in [5, 5.41) is 9.63. The van der Waals surface area contributed by atoms with Crippen LogP contribution in [0.25, 0.3) is 0 Å². The quantitative estimate of drug-likeness (QED) is 0.0283. The summed E-state index contributed by atoms with van der Waals surface area (Å²) in [5.74, 6) is -0.620. The molecule has 0 aliphatic carbocycles. The zero-order valence-electron chi connectivity index (χ0n) is 29.6. The molecule has 0 saturated carbocycles. The van der Waals surface area contributed by atoms with Gasteiger partial charge in [-0.15, -0.1) is 0 Å². The van der Waals surface area contributed by atoms with Crippen LogP contribution in [0.4, 0.5) is 4.39 Å². The number of Topliss-reactive ketones (excluding diaryl/α,β-unsaturated/α-hetero) is 1. The Morgan fingerprint density at radius 1 is 0.750 bits per heavy atom. The maximum atomic E-state index is 13.2. The van der Waals surface area contributed by atoms with Gasteiger partial charge in [0.25, 0.3) is 0 Å². The first-order chi connectivity index (χ1) is 25.2. The van der Waals surface area contributed by atoms with Crippen LogP contribution in [0.5, 0.6) is 5.75 Å². The Hall–Kier alpha value is -2.87. The smallest absolute Gasteiger partial charge is 0.404 e. The number of carbonyl (C=O) groups is 2. The number of ketones is 1. The van der Waals surface area contributed by atoms with Gasteiger partial charge in [-0.3, -0.25) is 19.4 Å². The van der Waals surface area contributed by atoms with Crippen molar-refractivity contribution >= 4 is 25.7 Å². The number of amides is 1. The number of alkyl halides is 1. The Kier molecular flexibility index (Phi) is 28.7. The van der Waals surface area contributed by atoms with Crippen molar-refractivity contribution < 1.29 is 70.8 Å². The number of nitrogens with one attached hydrogen (secondary N) is 2. The number of benzene rings is 1. The predicted molar refractivity (Wildman–Crippen MR) is 187 cm³/mol. The molecule has 0 aliphatic rings. The SMILES string of the molecule is N=CC=C(N)C(=O)CCCOCCOCCOCCOCCOCCOCCOCCOCCC(=O)NCCc1ccc(OP(=O)(O)O)c(CF)c1. The van der Waals surface area contributed by atoms with E-state index in [0.29, 0.717) is 124 Å². The molecule has 1 aromatic rings. The summed E-state index contributed by atoms with van der Waals surface area (Å²) in [7, 11) is -4.79. The molecule has 17 nitrogen and oxygen atoms in total. The van der Waals surface area contributed by atoms with Crippen LogP contribution >= 0.6 is 7.82 Å². The number of halogens is 1. The first-order valence-corrected chi connectivity index (χ1v) is 18.5. The van der Waals surface area contributed by atoms with Gasteiger partial charge in [-0.05, 0) is 36.6 Å². The lowest BCUT2D eigenvalue weighted by atomic mass is 10.1. The lowest BCUT2D eigenvalue weighted by Gasteiger charge is -2.12. The predicted octanol–water partition coefficient (Wildman–Crippen LogP) is 1.65. The highest BCUT2D eigenvalue weighted by molar-refractivity contribution is 7.46. The molecule has 0 unspecified atom stereocenters. The molecule has 0 fully saturated rings. The second-order valence-corrected chi connectivity index (χ2v) is 11.9. The number of allylic oxidation sites excluding steroid dienone is 2. The molecule has 0 bridgehead atoms. The molecule has 0 aliphatic heterocycles. The third-order valence-corrected chi connectivity index (χ3v) is 7.01. The third kappa shape index (κ3) is 27.7. The molecule has 6 N–H and O–H groups in total. The van der Waals surface area contributed by atoms with Crippen LogP contribution in [-0.2, 0) is 65.1 Å². The average molecular weight is 768 g/mol. The molecule has 0 aromatic heterocycles. The van der Waals surface area contributed by atoms with E-state index < -0.39 is 14.5 Å². The highest BCUT2D eigenvalue weighted by atomic mass is 31.2. The zero-order chi connectivity index (χ0) is 38.1. The molecule has 1 amide bonds. The Morgan fingerprint density at radius 2 is 1.21 bits per heavy atom.